The van der Waals surface area contributed by atoms with Crippen LogP contribution in [-0.2, 0) is 9.59 Å². The number of amides is 2. The second-order valence-corrected chi connectivity index (χ2v) is 9.38. The van der Waals surface area contributed by atoms with Crippen LogP contribution in [0, 0.1) is 11.7 Å². The predicted molar refractivity (Wildman–Crippen MR) is 131 cm³/mol. The molecule has 2 aliphatic rings. The summed E-state index contributed by atoms with van der Waals surface area (Å²) in [5.74, 6) is -0.0638. The number of nitrogens with one attached hydrogen (secondary N) is 1. The van der Waals surface area contributed by atoms with Crippen LogP contribution in [0.1, 0.15) is 41.0 Å². The fourth-order valence-corrected chi connectivity index (χ4v) is 4.43. The molecular formula is C24H38ClFN4O3. The van der Waals surface area contributed by atoms with Crippen LogP contribution in [0.5, 0.6) is 5.75 Å². The standard InChI is InChI=1S/C24H37FN4O3.ClH/c1-16(2)26-22-18(5)23(30)29(24(22)31)10-6-9-27-11-13-28(14-12-27)20-15-19(25)7-8-21(20)32-17(3)4;/h7-8,15-18,22,26H,6,9-14H2,1-5H3;1H. The summed E-state index contributed by atoms with van der Waals surface area (Å²) in [6, 6.07) is 4.41. The van der Waals surface area contributed by atoms with Crippen LogP contribution in [0.2, 0.25) is 0 Å². The van der Waals surface area contributed by atoms with E-state index in [1.54, 1.807) is 12.1 Å². The first-order valence-electron chi connectivity index (χ1n) is 11.7. The molecule has 2 amide bonds. The number of hydrogen-bond acceptors (Lipinski definition) is 6. The summed E-state index contributed by atoms with van der Waals surface area (Å²) in [5, 5.41) is 3.22. The first-order chi connectivity index (χ1) is 15.2. The minimum atomic E-state index is -0.417. The third-order valence-electron chi connectivity index (χ3n) is 6.05. The van der Waals surface area contributed by atoms with E-state index in [2.05, 4.69) is 15.1 Å². The maximum atomic E-state index is 13.9. The summed E-state index contributed by atoms with van der Waals surface area (Å²) in [6.45, 7) is 14.2. The van der Waals surface area contributed by atoms with Gasteiger partial charge in [-0.1, -0.05) is 20.8 Å². The molecule has 3 rings (SSSR count). The van der Waals surface area contributed by atoms with Crippen molar-refractivity contribution in [2.24, 2.45) is 5.92 Å². The number of hydrogen-bond donors (Lipinski definition) is 1. The second-order valence-electron chi connectivity index (χ2n) is 9.38. The molecule has 2 heterocycles. The Morgan fingerprint density at radius 2 is 1.73 bits per heavy atom. The lowest BCUT2D eigenvalue weighted by Crippen LogP contribution is -2.47. The van der Waals surface area contributed by atoms with Crippen molar-refractivity contribution in [1.82, 2.24) is 15.1 Å². The molecule has 2 unspecified atom stereocenters. The summed E-state index contributed by atoms with van der Waals surface area (Å²) in [5.41, 5.74) is 0.796. The largest absolute Gasteiger partial charge is 0.489 e. The first-order valence-corrected chi connectivity index (χ1v) is 11.7. The molecule has 7 nitrogen and oxygen atoms in total. The van der Waals surface area contributed by atoms with Crippen LogP contribution in [-0.4, -0.2) is 79.1 Å². The summed E-state index contributed by atoms with van der Waals surface area (Å²) < 4.78 is 19.7. The van der Waals surface area contributed by atoms with Crippen molar-refractivity contribution in [3.8, 4) is 5.75 Å². The molecular weight excluding hydrogens is 447 g/mol. The van der Waals surface area contributed by atoms with E-state index in [0.717, 1.165) is 44.8 Å². The minimum Gasteiger partial charge on any atom is -0.489 e. The Balaban J connectivity index is 0.00000385. The Morgan fingerprint density at radius 3 is 2.33 bits per heavy atom. The van der Waals surface area contributed by atoms with Gasteiger partial charge in [0.2, 0.25) is 11.8 Å². The molecule has 0 aromatic heterocycles. The van der Waals surface area contributed by atoms with Gasteiger partial charge in [-0.3, -0.25) is 19.4 Å². The van der Waals surface area contributed by atoms with Crippen molar-refractivity contribution in [3.63, 3.8) is 0 Å². The van der Waals surface area contributed by atoms with E-state index < -0.39 is 6.04 Å². The zero-order chi connectivity index (χ0) is 23.4. The van der Waals surface area contributed by atoms with Gasteiger partial charge in [-0.25, -0.2) is 4.39 Å². The van der Waals surface area contributed by atoms with Crippen molar-refractivity contribution >= 4 is 29.9 Å². The second kappa shape index (κ2) is 12.0. The zero-order valence-electron chi connectivity index (χ0n) is 20.3. The fourth-order valence-electron chi connectivity index (χ4n) is 4.43. The van der Waals surface area contributed by atoms with Gasteiger partial charge in [0.1, 0.15) is 11.6 Å². The Kier molecular flexibility index (Phi) is 9.94. The van der Waals surface area contributed by atoms with Crippen LogP contribution in [0.4, 0.5) is 10.1 Å². The normalized spacial score (nSPS) is 21.8. The number of carbonyl (C=O) groups is 2. The molecule has 186 valence electrons. The van der Waals surface area contributed by atoms with E-state index in [4.69, 9.17) is 4.74 Å². The molecule has 0 bridgehead atoms. The van der Waals surface area contributed by atoms with Crippen LogP contribution in [0.25, 0.3) is 0 Å². The van der Waals surface area contributed by atoms with Gasteiger partial charge in [-0.2, -0.15) is 0 Å². The molecule has 2 fully saturated rings. The highest BCUT2D eigenvalue weighted by Gasteiger charge is 2.44. The molecule has 1 aromatic carbocycles. The Hall–Kier alpha value is -1.90. The van der Waals surface area contributed by atoms with Crippen LogP contribution >= 0.6 is 12.4 Å². The van der Waals surface area contributed by atoms with E-state index in [9.17, 15) is 14.0 Å². The highest BCUT2D eigenvalue weighted by Crippen LogP contribution is 2.31. The molecule has 33 heavy (non-hydrogen) atoms. The third kappa shape index (κ3) is 6.80. The lowest BCUT2D eigenvalue weighted by Gasteiger charge is -2.37. The van der Waals surface area contributed by atoms with Crippen LogP contribution in [0.3, 0.4) is 0 Å². The van der Waals surface area contributed by atoms with Gasteiger partial charge < -0.3 is 15.0 Å². The van der Waals surface area contributed by atoms with Crippen LogP contribution < -0.4 is 15.0 Å². The molecule has 1 aromatic rings. The third-order valence-corrected chi connectivity index (χ3v) is 6.05. The number of piperazine rings is 1. The number of anilines is 1. The number of benzene rings is 1. The Bertz CT molecular complexity index is 815. The van der Waals surface area contributed by atoms with Gasteiger partial charge in [-0.05, 0) is 38.9 Å². The fraction of sp³-hybridized carbons (Fsp3) is 0.667. The van der Waals surface area contributed by atoms with Crippen molar-refractivity contribution in [2.75, 3.05) is 44.2 Å². The van der Waals surface area contributed by atoms with E-state index in [1.807, 2.05) is 34.6 Å². The maximum Gasteiger partial charge on any atom is 0.247 e. The Labute approximate surface area is 203 Å². The summed E-state index contributed by atoms with van der Waals surface area (Å²) in [6.07, 6.45) is 0.773. The molecule has 1 N–H and O–H groups in total. The van der Waals surface area contributed by atoms with Gasteiger partial charge in [0.25, 0.3) is 0 Å². The van der Waals surface area contributed by atoms with E-state index in [1.165, 1.54) is 11.0 Å². The number of rotatable bonds is 9. The van der Waals surface area contributed by atoms with Gasteiger partial charge in [-0.15, -0.1) is 12.4 Å². The summed E-state index contributed by atoms with van der Waals surface area (Å²) >= 11 is 0. The monoisotopic (exact) mass is 484 g/mol. The molecule has 2 aliphatic heterocycles. The number of imide groups is 1. The quantitative estimate of drug-likeness (QED) is 0.544. The van der Waals surface area contributed by atoms with Gasteiger partial charge in [0, 0.05) is 44.8 Å². The molecule has 0 radical (unpaired) electrons. The van der Waals surface area contributed by atoms with E-state index in [0.29, 0.717) is 12.3 Å². The average molecular weight is 485 g/mol. The van der Waals surface area contributed by atoms with Crippen LogP contribution in [0.15, 0.2) is 18.2 Å². The number of ether oxygens (including phenoxy) is 1. The van der Waals surface area contributed by atoms with E-state index >= 15 is 0 Å². The number of nitrogens with zero attached hydrogens (tertiary/aromatic N) is 3. The van der Waals surface area contributed by atoms with E-state index in [-0.39, 0.29) is 48.1 Å². The molecule has 9 heteroatoms. The highest BCUT2D eigenvalue weighted by molar-refractivity contribution is 6.06. The molecule has 2 atom stereocenters. The smallest absolute Gasteiger partial charge is 0.247 e. The molecule has 0 spiro atoms. The van der Waals surface area contributed by atoms with Gasteiger partial charge in [0.15, 0.2) is 0 Å². The maximum absolute atomic E-state index is 13.9. The summed E-state index contributed by atoms with van der Waals surface area (Å²) in [4.78, 5) is 31.1. The molecule has 2 saturated heterocycles. The van der Waals surface area contributed by atoms with Gasteiger partial charge in [0.05, 0.1) is 23.8 Å². The average Bonchev–Trinajstić information content (AvgIpc) is 2.93. The SMILES string of the molecule is CC(C)NC1C(=O)N(CCCN2CCN(c3cc(F)ccc3OC(C)C)CC2)C(=O)C1C.Cl. The summed E-state index contributed by atoms with van der Waals surface area (Å²) in [7, 11) is 0. The topological polar surface area (TPSA) is 65.1 Å². The van der Waals surface area contributed by atoms with Crippen molar-refractivity contribution in [2.45, 2.75) is 59.2 Å². The lowest BCUT2D eigenvalue weighted by molar-refractivity contribution is -0.139. The predicted octanol–water partition coefficient (Wildman–Crippen LogP) is 2.92. The van der Waals surface area contributed by atoms with Gasteiger partial charge >= 0.3 is 0 Å². The zero-order valence-corrected chi connectivity index (χ0v) is 21.2. The minimum absolute atomic E-state index is 0. The molecule has 0 aliphatic carbocycles. The number of carbonyl (C=O) groups excluding carboxylic acids is 2. The lowest BCUT2D eigenvalue weighted by atomic mass is 10.0. The number of halogens is 2. The Morgan fingerprint density at radius 1 is 1.06 bits per heavy atom. The number of likely N-dealkylation sites (tertiary alicyclic amines) is 1. The van der Waals surface area contributed by atoms with Crippen molar-refractivity contribution in [1.29, 1.82) is 0 Å². The van der Waals surface area contributed by atoms with Crippen molar-refractivity contribution < 1.29 is 18.7 Å². The molecule has 0 saturated carbocycles. The first kappa shape index (κ1) is 27.3. The van der Waals surface area contributed by atoms with Crippen molar-refractivity contribution in [3.05, 3.63) is 24.0 Å². The highest BCUT2D eigenvalue weighted by atomic mass is 35.5.